The fourth-order valence-electron chi connectivity index (χ4n) is 4.64. The molecule has 0 radical (unpaired) electrons. The summed E-state index contributed by atoms with van der Waals surface area (Å²) in [5.41, 5.74) is 1.25. The van der Waals surface area contributed by atoms with E-state index >= 15 is 0 Å². The maximum atomic E-state index is 4.72. The lowest BCUT2D eigenvalue weighted by Gasteiger charge is -2.34. The molecule has 1 aromatic rings. The molecule has 2 aliphatic heterocycles. The van der Waals surface area contributed by atoms with Gasteiger partial charge in [0.25, 0.3) is 0 Å². The third-order valence-corrected chi connectivity index (χ3v) is 7.75. The second-order valence-electron chi connectivity index (χ2n) is 8.94. The van der Waals surface area contributed by atoms with E-state index in [-0.39, 0.29) is 0 Å². The molecule has 3 heterocycles. The van der Waals surface area contributed by atoms with E-state index in [1.165, 1.54) is 75.4 Å². The zero-order valence-corrected chi connectivity index (χ0v) is 19.0. The van der Waals surface area contributed by atoms with E-state index in [4.69, 9.17) is 4.98 Å². The third kappa shape index (κ3) is 6.15. The van der Waals surface area contributed by atoms with Crippen molar-refractivity contribution in [1.29, 1.82) is 0 Å². The summed E-state index contributed by atoms with van der Waals surface area (Å²) in [5, 5.41) is 10.8. The molecule has 29 heavy (non-hydrogen) atoms. The molecule has 0 aromatic carbocycles. The molecule has 0 spiro atoms. The van der Waals surface area contributed by atoms with Crippen LogP contribution < -0.4 is 10.6 Å². The number of aromatic nitrogens is 1. The first-order valence-corrected chi connectivity index (χ1v) is 12.5. The van der Waals surface area contributed by atoms with Crippen LogP contribution >= 0.6 is 11.3 Å². The Hall–Kier alpha value is -1.18. The molecule has 0 amide bonds. The first kappa shape index (κ1) is 21.1. The number of rotatable bonds is 7. The Labute approximate surface area is 180 Å². The van der Waals surface area contributed by atoms with E-state index in [2.05, 4.69) is 37.7 Å². The van der Waals surface area contributed by atoms with Crippen LogP contribution in [-0.4, -0.2) is 72.6 Å². The van der Waals surface area contributed by atoms with E-state index in [0.29, 0.717) is 6.04 Å². The lowest BCUT2D eigenvalue weighted by atomic mass is 9.97. The summed E-state index contributed by atoms with van der Waals surface area (Å²) in [5.74, 6) is 1.73. The number of hydrogen-bond acceptors (Lipinski definition) is 5. The first-order chi connectivity index (χ1) is 14.2. The quantitative estimate of drug-likeness (QED) is 0.527. The normalized spacial score (nSPS) is 23.4. The molecular weight excluding hydrogens is 380 g/mol. The van der Waals surface area contributed by atoms with Crippen molar-refractivity contribution < 1.29 is 0 Å². The van der Waals surface area contributed by atoms with Gasteiger partial charge in [0, 0.05) is 50.7 Å². The number of aryl methyl sites for hydroxylation is 1. The maximum absolute atomic E-state index is 4.72. The highest BCUT2D eigenvalue weighted by Crippen LogP contribution is 2.29. The van der Waals surface area contributed by atoms with Crippen LogP contribution in [0.1, 0.15) is 56.2 Å². The van der Waals surface area contributed by atoms with Gasteiger partial charge in [0.15, 0.2) is 5.96 Å². The molecule has 7 heteroatoms. The highest BCUT2D eigenvalue weighted by molar-refractivity contribution is 7.09. The zero-order valence-electron chi connectivity index (χ0n) is 18.2. The van der Waals surface area contributed by atoms with Crippen LogP contribution in [-0.2, 0) is 13.0 Å². The summed E-state index contributed by atoms with van der Waals surface area (Å²) in [6, 6.07) is 1.48. The molecule has 3 aliphatic rings. The minimum Gasteiger partial charge on any atom is -0.356 e. The molecule has 1 saturated carbocycles. The molecule has 6 nitrogen and oxygen atoms in total. The average molecular weight is 419 g/mol. The predicted molar refractivity (Wildman–Crippen MR) is 122 cm³/mol. The fourth-order valence-corrected chi connectivity index (χ4v) is 5.38. The number of hydrogen-bond donors (Lipinski definition) is 2. The molecule has 3 fully saturated rings. The van der Waals surface area contributed by atoms with Crippen LogP contribution in [0.3, 0.4) is 0 Å². The Morgan fingerprint density at radius 1 is 1.14 bits per heavy atom. The van der Waals surface area contributed by atoms with E-state index in [0.717, 1.165) is 37.4 Å². The Balaban J connectivity index is 1.13. The SMILES string of the molecule is CCc1nc(CN2CCC(CNC(=NC)NC3CCN(C4CC4)CC3)CC2)cs1. The number of nitrogens with zero attached hydrogens (tertiary/aromatic N) is 4. The van der Waals surface area contributed by atoms with Crippen LogP contribution in [0.15, 0.2) is 10.4 Å². The van der Waals surface area contributed by atoms with Gasteiger partial charge in [-0.2, -0.15) is 0 Å². The first-order valence-electron chi connectivity index (χ1n) is 11.6. The molecule has 0 atom stereocenters. The standard InChI is InChI=1S/C22H38N6S/c1-3-21-25-19(16-29-21)15-27-10-6-17(7-11-27)14-24-22(23-2)26-18-8-12-28(13-9-18)20-4-5-20/h16-18,20H,3-15H2,1-2H3,(H2,23,24,26). The van der Waals surface area contributed by atoms with Gasteiger partial charge in [0.05, 0.1) is 10.7 Å². The fraction of sp³-hybridized carbons (Fsp3) is 0.818. The van der Waals surface area contributed by atoms with E-state index in [1.807, 2.05) is 7.05 Å². The van der Waals surface area contributed by atoms with Crippen LogP contribution in [0.5, 0.6) is 0 Å². The molecular formula is C22H38N6S. The van der Waals surface area contributed by atoms with Crippen molar-refractivity contribution in [2.75, 3.05) is 39.8 Å². The predicted octanol–water partition coefficient (Wildman–Crippen LogP) is 2.71. The molecule has 162 valence electrons. The Kier molecular flexibility index (Phi) is 7.43. The Morgan fingerprint density at radius 3 is 2.52 bits per heavy atom. The van der Waals surface area contributed by atoms with Gasteiger partial charge in [0.2, 0.25) is 0 Å². The lowest BCUT2D eigenvalue weighted by molar-refractivity contribution is 0.176. The van der Waals surface area contributed by atoms with E-state index in [9.17, 15) is 0 Å². The molecule has 0 bridgehead atoms. The van der Waals surface area contributed by atoms with E-state index < -0.39 is 0 Å². The molecule has 1 aliphatic carbocycles. The largest absolute Gasteiger partial charge is 0.356 e. The minimum absolute atomic E-state index is 0.573. The monoisotopic (exact) mass is 418 g/mol. The minimum atomic E-state index is 0.573. The Morgan fingerprint density at radius 2 is 1.90 bits per heavy atom. The highest BCUT2D eigenvalue weighted by Gasteiger charge is 2.32. The topological polar surface area (TPSA) is 55.8 Å². The summed E-state index contributed by atoms with van der Waals surface area (Å²) in [4.78, 5) is 14.4. The summed E-state index contributed by atoms with van der Waals surface area (Å²) in [6.07, 6.45) is 8.89. The molecule has 2 saturated heterocycles. The van der Waals surface area contributed by atoms with Gasteiger partial charge >= 0.3 is 0 Å². The van der Waals surface area contributed by atoms with Crippen molar-refractivity contribution in [3.8, 4) is 0 Å². The van der Waals surface area contributed by atoms with Crippen LogP contribution in [0.25, 0.3) is 0 Å². The second-order valence-corrected chi connectivity index (χ2v) is 9.89. The second kappa shape index (κ2) is 10.2. The van der Waals surface area contributed by atoms with Gasteiger partial charge < -0.3 is 15.5 Å². The third-order valence-electron chi connectivity index (χ3n) is 6.71. The van der Waals surface area contributed by atoms with Gasteiger partial charge in [0.1, 0.15) is 0 Å². The number of thiazole rings is 1. The smallest absolute Gasteiger partial charge is 0.191 e. The maximum Gasteiger partial charge on any atom is 0.191 e. The van der Waals surface area contributed by atoms with Crippen LogP contribution in [0, 0.1) is 5.92 Å². The number of piperidine rings is 2. The van der Waals surface area contributed by atoms with Gasteiger partial charge in [-0.05, 0) is 64.0 Å². The number of nitrogens with one attached hydrogen (secondary N) is 2. The molecule has 0 unspecified atom stereocenters. The van der Waals surface area contributed by atoms with Crippen LogP contribution in [0.4, 0.5) is 0 Å². The summed E-state index contributed by atoms with van der Waals surface area (Å²) < 4.78 is 0. The number of guanidine groups is 1. The van der Waals surface area contributed by atoms with E-state index in [1.54, 1.807) is 11.3 Å². The average Bonchev–Trinajstić information content (AvgIpc) is 3.51. The van der Waals surface area contributed by atoms with Crippen LogP contribution in [0.2, 0.25) is 0 Å². The highest BCUT2D eigenvalue weighted by atomic mass is 32.1. The molecule has 2 N–H and O–H groups in total. The summed E-state index contributed by atoms with van der Waals surface area (Å²) >= 11 is 1.80. The van der Waals surface area contributed by atoms with Crippen molar-refractivity contribution in [2.24, 2.45) is 10.9 Å². The van der Waals surface area contributed by atoms with Crippen molar-refractivity contribution in [2.45, 2.75) is 70.5 Å². The summed E-state index contributed by atoms with van der Waals surface area (Å²) in [7, 11) is 1.90. The van der Waals surface area contributed by atoms with Gasteiger partial charge in [-0.1, -0.05) is 6.92 Å². The molecule has 1 aromatic heterocycles. The molecule has 4 rings (SSSR count). The van der Waals surface area contributed by atoms with Crippen molar-refractivity contribution in [3.63, 3.8) is 0 Å². The van der Waals surface area contributed by atoms with Crippen molar-refractivity contribution >= 4 is 17.3 Å². The van der Waals surface area contributed by atoms with Gasteiger partial charge in [-0.15, -0.1) is 11.3 Å². The van der Waals surface area contributed by atoms with Crippen molar-refractivity contribution in [3.05, 3.63) is 16.1 Å². The number of likely N-dealkylation sites (tertiary alicyclic amines) is 2. The summed E-state index contributed by atoms with van der Waals surface area (Å²) in [6.45, 7) is 9.08. The van der Waals surface area contributed by atoms with Gasteiger partial charge in [-0.25, -0.2) is 4.98 Å². The lowest BCUT2D eigenvalue weighted by Crippen LogP contribution is -2.50. The Bertz CT molecular complexity index is 654. The van der Waals surface area contributed by atoms with Crippen molar-refractivity contribution in [1.82, 2.24) is 25.4 Å². The van der Waals surface area contributed by atoms with Gasteiger partial charge in [-0.3, -0.25) is 9.89 Å². The zero-order chi connectivity index (χ0) is 20.1. The number of aliphatic imine (C=N–C) groups is 1.